The number of anilines is 3. The van der Waals surface area contributed by atoms with Crippen molar-refractivity contribution in [3.05, 3.63) is 199 Å². The molecular weight excluding hydrogens is 721 g/mol. The van der Waals surface area contributed by atoms with E-state index in [1.165, 1.54) is 5.56 Å². The molecule has 3 heterocycles. The maximum atomic E-state index is 8.90. The van der Waals surface area contributed by atoms with Crippen LogP contribution in [0.15, 0.2) is 188 Å². The molecule has 1 aliphatic heterocycles. The lowest BCUT2D eigenvalue weighted by molar-refractivity contribution is 0.483. The van der Waals surface area contributed by atoms with E-state index in [1.807, 2.05) is 72.9 Å². The van der Waals surface area contributed by atoms with Crippen molar-refractivity contribution >= 4 is 38.9 Å². The molecule has 5 nitrogen and oxygen atoms in total. The van der Waals surface area contributed by atoms with Crippen LogP contribution in [0.3, 0.4) is 0 Å². The molecule has 5 heteroatoms. The van der Waals surface area contributed by atoms with Gasteiger partial charge in [-0.15, -0.1) is 0 Å². The SMILES string of the molecule is [2H]c1c([2H])c([2H])c(-c2cccc(-c3c([2H])c([2H])c([2H])c([2H])c3[2H])c2CCN2CN(c3cccc(Oc4ccc5c6ccccc6n(-c6cc(C(C)(C)C)ccn6)c5c4)c3)c3ccccc32)c([2H])c1[2H]. The van der Waals surface area contributed by atoms with Gasteiger partial charge in [0.05, 0.1) is 42.8 Å². The minimum atomic E-state index is -0.527. The molecular formula is C54H46N4O. The zero-order valence-electron chi connectivity index (χ0n) is 42.9. The van der Waals surface area contributed by atoms with Crippen molar-refractivity contribution in [2.45, 2.75) is 32.6 Å². The van der Waals surface area contributed by atoms with E-state index in [4.69, 9.17) is 23.4 Å². The molecule has 0 unspecified atom stereocenters. The Morgan fingerprint density at radius 1 is 0.627 bits per heavy atom. The van der Waals surface area contributed by atoms with Gasteiger partial charge < -0.3 is 14.5 Å². The van der Waals surface area contributed by atoms with Gasteiger partial charge in [0, 0.05) is 41.3 Å². The highest BCUT2D eigenvalue weighted by Gasteiger charge is 2.27. The molecule has 59 heavy (non-hydrogen) atoms. The lowest BCUT2D eigenvalue weighted by Crippen LogP contribution is -2.29. The van der Waals surface area contributed by atoms with Gasteiger partial charge in [0.1, 0.15) is 17.3 Å². The molecule has 0 spiro atoms. The normalized spacial score (nSPS) is 15.0. The van der Waals surface area contributed by atoms with Crippen molar-refractivity contribution in [2.75, 3.05) is 23.0 Å². The predicted octanol–water partition coefficient (Wildman–Crippen LogP) is 13.8. The largest absolute Gasteiger partial charge is 0.457 e. The lowest BCUT2D eigenvalue weighted by atomic mass is 9.88. The lowest BCUT2D eigenvalue weighted by Gasteiger charge is -2.24. The smallest absolute Gasteiger partial charge is 0.137 e. The third-order valence-corrected chi connectivity index (χ3v) is 11.0. The maximum absolute atomic E-state index is 8.90. The molecule has 7 aromatic carbocycles. The zero-order chi connectivity index (χ0) is 48.6. The number of benzene rings is 7. The number of fused-ring (bicyclic) bond motifs is 4. The minimum Gasteiger partial charge on any atom is -0.457 e. The zero-order valence-corrected chi connectivity index (χ0v) is 32.9. The van der Waals surface area contributed by atoms with E-state index in [-0.39, 0.29) is 23.0 Å². The van der Waals surface area contributed by atoms with Crippen LogP contribution in [-0.2, 0) is 11.8 Å². The molecule has 0 N–H and O–H groups in total. The summed E-state index contributed by atoms with van der Waals surface area (Å²) in [7, 11) is 0. The molecule has 0 saturated heterocycles. The Balaban J connectivity index is 0.997. The van der Waals surface area contributed by atoms with Gasteiger partial charge in [0.25, 0.3) is 0 Å². The highest BCUT2D eigenvalue weighted by atomic mass is 16.5. The highest BCUT2D eigenvalue weighted by Crippen LogP contribution is 2.43. The van der Waals surface area contributed by atoms with Gasteiger partial charge in [0.2, 0.25) is 0 Å². The minimum absolute atomic E-state index is 0.0301. The Labute approximate surface area is 360 Å². The molecule has 0 bridgehead atoms. The molecule has 1 aliphatic rings. The van der Waals surface area contributed by atoms with E-state index < -0.39 is 60.4 Å². The van der Waals surface area contributed by atoms with Gasteiger partial charge in [-0.05, 0) is 99.8 Å². The Hall–Kier alpha value is -7.11. The van der Waals surface area contributed by atoms with Crippen LogP contribution >= 0.6 is 0 Å². The predicted molar refractivity (Wildman–Crippen MR) is 246 cm³/mol. The molecule has 0 atom stereocenters. The molecule has 288 valence electrons. The first kappa shape index (κ1) is 26.7. The fourth-order valence-electron chi connectivity index (χ4n) is 8.15. The number of hydrogen-bond acceptors (Lipinski definition) is 4. The summed E-state index contributed by atoms with van der Waals surface area (Å²) in [6, 6.07) is 34.9. The van der Waals surface area contributed by atoms with E-state index in [9.17, 15) is 0 Å². The van der Waals surface area contributed by atoms with E-state index in [1.54, 1.807) is 18.2 Å². The third-order valence-electron chi connectivity index (χ3n) is 11.0. The summed E-state index contributed by atoms with van der Waals surface area (Å²) in [4.78, 5) is 9.18. The van der Waals surface area contributed by atoms with Crippen LogP contribution in [-0.4, -0.2) is 22.8 Å². The van der Waals surface area contributed by atoms with Gasteiger partial charge >= 0.3 is 0 Å². The first-order chi connectivity index (χ1) is 33.0. The molecule has 0 amide bonds. The number of ether oxygens (including phenoxy) is 1. The molecule has 0 aliphatic carbocycles. The average molecular weight is 777 g/mol. The van der Waals surface area contributed by atoms with Gasteiger partial charge in [-0.25, -0.2) is 4.98 Å². The van der Waals surface area contributed by atoms with Gasteiger partial charge in [-0.2, -0.15) is 0 Å². The molecule has 9 aromatic rings. The molecule has 0 radical (unpaired) electrons. The summed E-state index contributed by atoms with van der Waals surface area (Å²) in [6.45, 7) is 7.35. The Kier molecular flexibility index (Phi) is 6.80. The number of nitrogens with zero attached hydrogens (tertiary/aromatic N) is 4. The third kappa shape index (κ3) is 6.89. The topological polar surface area (TPSA) is 33.5 Å². The summed E-state index contributed by atoms with van der Waals surface area (Å²) in [6.07, 6.45) is 2.09. The van der Waals surface area contributed by atoms with Crippen molar-refractivity contribution in [1.29, 1.82) is 0 Å². The van der Waals surface area contributed by atoms with Crippen LogP contribution in [0.4, 0.5) is 17.1 Å². The Morgan fingerprint density at radius 2 is 1.29 bits per heavy atom. The number of rotatable bonds is 9. The van der Waals surface area contributed by atoms with E-state index in [0.717, 1.165) is 44.7 Å². The van der Waals surface area contributed by atoms with Gasteiger partial charge in [0.15, 0.2) is 0 Å². The molecule has 0 saturated carbocycles. The summed E-state index contributed by atoms with van der Waals surface area (Å²) >= 11 is 0. The quantitative estimate of drug-likeness (QED) is 0.146. The van der Waals surface area contributed by atoms with Crippen molar-refractivity contribution < 1.29 is 18.4 Å². The van der Waals surface area contributed by atoms with E-state index >= 15 is 0 Å². The van der Waals surface area contributed by atoms with E-state index in [2.05, 4.69) is 71.5 Å². The summed E-state index contributed by atoms with van der Waals surface area (Å²) in [5.74, 6) is 2.12. The summed E-state index contributed by atoms with van der Waals surface area (Å²) < 4.78 is 94.8. The molecule has 2 aromatic heterocycles. The van der Waals surface area contributed by atoms with Crippen LogP contribution in [0.2, 0.25) is 0 Å². The summed E-state index contributed by atoms with van der Waals surface area (Å²) in [5.41, 5.74) is 6.93. The van der Waals surface area contributed by atoms with Gasteiger partial charge in [-0.3, -0.25) is 4.57 Å². The molecule has 10 rings (SSSR count). The first-order valence-electron chi connectivity index (χ1n) is 24.7. The van der Waals surface area contributed by atoms with Crippen molar-refractivity contribution in [3.8, 4) is 39.6 Å². The fraction of sp³-hybridized carbons (Fsp3) is 0.130. The maximum Gasteiger partial charge on any atom is 0.137 e. The fourth-order valence-corrected chi connectivity index (χ4v) is 8.15. The second-order valence-electron chi connectivity index (χ2n) is 15.7. The van der Waals surface area contributed by atoms with Crippen LogP contribution in [0, 0.1) is 0 Å². The highest BCUT2D eigenvalue weighted by molar-refractivity contribution is 6.09. The molecule has 0 fully saturated rings. The number of aromatic nitrogens is 2. The Morgan fingerprint density at radius 3 is 2.03 bits per heavy atom. The number of pyridine rings is 1. The number of para-hydroxylation sites is 3. The number of hydrogen-bond donors (Lipinski definition) is 0. The van der Waals surface area contributed by atoms with Crippen LogP contribution in [0.5, 0.6) is 11.5 Å². The van der Waals surface area contributed by atoms with Gasteiger partial charge in [-0.1, -0.05) is 136 Å². The van der Waals surface area contributed by atoms with Crippen molar-refractivity contribution in [3.63, 3.8) is 0 Å². The van der Waals surface area contributed by atoms with Crippen LogP contribution < -0.4 is 14.5 Å². The average Bonchev–Trinajstić information content (AvgIpc) is 3.89. The van der Waals surface area contributed by atoms with Crippen LogP contribution in [0.25, 0.3) is 49.9 Å². The van der Waals surface area contributed by atoms with Crippen molar-refractivity contribution in [1.82, 2.24) is 9.55 Å². The monoisotopic (exact) mass is 776 g/mol. The standard InChI is InChI=1S/C54H46N4O/c1-54(2,3)40-30-32-55-53(34-40)58-49-25-11-10-22-47(49)48-29-28-43(36-52(48)58)59-42-21-14-20-41(35-42)57-37-56(50-26-12-13-27-51(50)57)33-31-46-44(38-16-6-4-7-17-38)23-15-24-45(46)39-18-8-5-9-19-39/h4-30,32,34-36H,31,33,37H2,1-3H3/i4D,5D,6D,7D,8D,9D,16D,17D,18D,19D. The van der Waals surface area contributed by atoms with Crippen LogP contribution in [0.1, 0.15) is 45.6 Å². The van der Waals surface area contributed by atoms with E-state index in [0.29, 0.717) is 41.4 Å². The second kappa shape index (κ2) is 15.0. The van der Waals surface area contributed by atoms with Crippen molar-refractivity contribution in [2.24, 2.45) is 0 Å². The Bertz CT molecular complexity index is 3400. The summed E-state index contributed by atoms with van der Waals surface area (Å²) in [5, 5.41) is 2.20. The second-order valence-corrected chi connectivity index (χ2v) is 15.7. The first-order valence-corrected chi connectivity index (χ1v) is 19.7.